The Kier molecular flexibility index (Phi) is 2.96. The van der Waals surface area contributed by atoms with Crippen LogP contribution in [0.1, 0.15) is 20.8 Å². The van der Waals surface area contributed by atoms with Gasteiger partial charge in [-0.1, -0.05) is 6.08 Å². The topological polar surface area (TPSA) is 32.3 Å². The highest BCUT2D eigenvalue weighted by atomic mass is 16.1. The lowest BCUT2D eigenvalue weighted by Gasteiger charge is -2.23. The molecule has 0 aromatic heterocycles. The van der Waals surface area contributed by atoms with E-state index in [2.05, 4.69) is 17.1 Å². The SMILES string of the molecule is CCNC(=O)C1C=C(C)N(C)C1C. The van der Waals surface area contributed by atoms with Crippen LogP contribution in [0.25, 0.3) is 0 Å². The Balaban J connectivity index is 2.67. The quantitative estimate of drug-likeness (QED) is 0.690. The van der Waals surface area contributed by atoms with Gasteiger partial charge in [-0.25, -0.2) is 0 Å². The van der Waals surface area contributed by atoms with Gasteiger partial charge in [-0.15, -0.1) is 0 Å². The van der Waals surface area contributed by atoms with Crippen LogP contribution >= 0.6 is 0 Å². The van der Waals surface area contributed by atoms with Crippen molar-refractivity contribution in [2.45, 2.75) is 26.8 Å². The van der Waals surface area contributed by atoms with Crippen molar-refractivity contribution < 1.29 is 4.79 Å². The fourth-order valence-electron chi connectivity index (χ4n) is 1.67. The molecule has 0 aromatic rings. The van der Waals surface area contributed by atoms with E-state index in [0.717, 1.165) is 0 Å². The van der Waals surface area contributed by atoms with Crippen molar-refractivity contribution in [2.75, 3.05) is 13.6 Å². The number of hydrogen-bond acceptors (Lipinski definition) is 2. The highest BCUT2D eigenvalue weighted by Gasteiger charge is 2.31. The molecular formula is C10H18N2O. The van der Waals surface area contributed by atoms with E-state index in [0.29, 0.717) is 6.54 Å². The molecule has 0 radical (unpaired) electrons. The summed E-state index contributed by atoms with van der Waals surface area (Å²) < 4.78 is 0. The summed E-state index contributed by atoms with van der Waals surface area (Å²) in [6, 6.07) is 0.284. The Bertz CT molecular complexity index is 235. The third kappa shape index (κ3) is 1.85. The van der Waals surface area contributed by atoms with E-state index in [1.807, 2.05) is 27.0 Å². The number of carbonyl (C=O) groups is 1. The maximum atomic E-state index is 11.6. The normalized spacial score (nSPS) is 27.4. The number of carbonyl (C=O) groups excluding carboxylic acids is 1. The zero-order valence-corrected chi connectivity index (χ0v) is 8.79. The molecule has 1 heterocycles. The van der Waals surface area contributed by atoms with E-state index in [-0.39, 0.29) is 17.9 Å². The predicted octanol–water partition coefficient (Wildman–Crippen LogP) is 0.976. The van der Waals surface area contributed by atoms with Crippen LogP contribution in [-0.4, -0.2) is 30.4 Å². The minimum atomic E-state index is 0.0185. The smallest absolute Gasteiger partial charge is 0.229 e. The molecule has 0 aliphatic carbocycles. The van der Waals surface area contributed by atoms with Gasteiger partial charge in [-0.2, -0.15) is 0 Å². The summed E-state index contributed by atoms with van der Waals surface area (Å²) >= 11 is 0. The minimum absolute atomic E-state index is 0.0185. The van der Waals surface area contributed by atoms with E-state index < -0.39 is 0 Å². The van der Waals surface area contributed by atoms with Gasteiger partial charge in [-0.3, -0.25) is 4.79 Å². The Labute approximate surface area is 79.8 Å². The molecule has 2 unspecified atom stereocenters. The maximum Gasteiger partial charge on any atom is 0.229 e. The number of nitrogens with one attached hydrogen (secondary N) is 1. The Morgan fingerprint density at radius 3 is 2.69 bits per heavy atom. The van der Waals surface area contributed by atoms with E-state index in [9.17, 15) is 4.79 Å². The summed E-state index contributed by atoms with van der Waals surface area (Å²) in [5.41, 5.74) is 1.18. The van der Waals surface area contributed by atoms with Gasteiger partial charge >= 0.3 is 0 Å². The van der Waals surface area contributed by atoms with Crippen molar-refractivity contribution >= 4 is 5.91 Å². The van der Waals surface area contributed by atoms with Gasteiger partial charge in [0.05, 0.1) is 5.92 Å². The van der Waals surface area contributed by atoms with Gasteiger partial charge in [0.1, 0.15) is 0 Å². The second-order valence-electron chi connectivity index (χ2n) is 3.58. The van der Waals surface area contributed by atoms with Crippen LogP contribution < -0.4 is 5.32 Å². The molecule has 0 bridgehead atoms. The van der Waals surface area contributed by atoms with Crippen molar-refractivity contribution in [3.8, 4) is 0 Å². The third-order valence-electron chi connectivity index (χ3n) is 2.76. The molecule has 1 rings (SSSR count). The van der Waals surface area contributed by atoms with Crippen LogP contribution in [0.5, 0.6) is 0 Å². The van der Waals surface area contributed by atoms with Crippen molar-refractivity contribution in [1.29, 1.82) is 0 Å². The molecule has 1 amide bonds. The molecule has 74 valence electrons. The first-order valence-corrected chi connectivity index (χ1v) is 4.77. The van der Waals surface area contributed by atoms with Gasteiger partial charge in [0.15, 0.2) is 0 Å². The number of nitrogens with zero attached hydrogens (tertiary/aromatic N) is 1. The van der Waals surface area contributed by atoms with Crippen molar-refractivity contribution in [2.24, 2.45) is 5.92 Å². The molecule has 13 heavy (non-hydrogen) atoms. The second kappa shape index (κ2) is 3.81. The van der Waals surface area contributed by atoms with Crippen LogP contribution in [0.3, 0.4) is 0 Å². The summed E-state index contributed by atoms with van der Waals surface area (Å²) in [4.78, 5) is 13.7. The number of rotatable bonds is 2. The van der Waals surface area contributed by atoms with Crippen LogP contribution in [0.15, 0.2) is 11.8 Å². The third-order valence-corrected chi connectivity index (χ3v) is 2.76. The molecule has 0 fully saturated rings. The Hall–Kier alpha value is -0.990. The molecular weight excluding hydrogens is 164 g/mol. The van der Waals surface area contributed by atoms with E-state index in [1.165, 1.54) is 5.70 Å². The first-order valence-electron chi connectivity index (χ1n) is 4.77. The van der Waals surface area contributed by atoms with Gasteiger partial charge in [-0.05, 0) is 20.8 Å². The zero-order valence-electron chi connectivity index (χ0n) is 8.79. The maximum absolute atomic E-state index is 11.6. The highest BCUT2D eigenvalue weighted by Crippen LogP contribution is 2.24. The molecule has 1 aliphatic heterocycles. The molecule has 1 N–H and O–H groups in total. The molecule has 0 saturated heterocycles. The average Bonchev–Trinajstić information content (AvgIpc) is 2.33. The second-order valence-corrected chi connectivity index (χ2v) is 3.58. The zero-order chi connectivity index (χ0) is 10.0. The van der Waals surface area contributed by atoms with E-state index >= 15 is 0 Å². The van der Waals surface area contributed by atoms with Gasteiger partial charge < -0.3 is 10.2 Å². The minimum Gasteiger partial charge on any atom is -0.375 e. The summed E-state index contributed by atoms with van der Waals surface area (Å²) in [5.74, 6) is 0.156. The van der Waals surface area contributed by atoms with Crippen molar-refractivity contribution in [3.63, 3.8) is 0 Å². The molecule has 3 nitrogen and oxygen atoms in total. The molecule has 0 spiro atoms. The first kappa shape index (κ1) is 10.1. The molecule has 3 heteroatoms. The van der Waals surface area contributed by atoms with Crippen molar-refractivity contribution in [3.05, 3.63) is 11.8 Å². The monoisotopic (exact) mass is 182 g/mol. The van der Waals surface area contributed by atoms with E-state index in [1.54, 1.807) is 0 Å². The average molecular weight is 182 g/mol. The Morgan fingerprint density at radius 2 is 2.31 bits per heavy atom. The van der Waals surface area contributed by atoms with Crippen LogP contribution in [-0.2, 0) is 4.79 Å². The lowest BCUT2D eigenvalue weighted by molar-refractivity contribution is -0.124. The summed E-state index contributed by atoms with van der Waals surface area (Å²) in [5, 5.41) is 2.85. The van der Waals surface area contributed by atoms with Gasteiger partial charge in [0.2, 0.25) is 5.91 Å². The van der Waals surface area contributed by atoms with Crippen LogP contribution in [0.4, 0.5) is 0 Å². The lowest BCUT2D eigenvalue weighted by Crippen LogP contribution is -2.37. The van der Waals surface area contributed by atoms with E-state index in [4.69, 9.17) is 0 Å². The first-order chi connectivity index (χ1) is 6.07. The van der Waals surface area contributed by atoms with Gasteiger partial charge in [0, 0.05) is 25.3 Å². The van der Waals surface area contributed by atoms with Crippen LogP contribution in [0.2, 0.25) is 0 Å². The fraction of sp³-hybridized carbons (Fsp3) is 0.700. The largest absolute Gasteiger partial charge is 0.375 e. The molecule has 1 aliphatic rings. The van der Waals surface area contributed by atoms with Crippen LogP contribution in [0, 0.1) is 5.92 Å². The number of amides is 1. The summed E-state index contributed by atoms with van der Waals surface area (Å²) in [7, 11) is 2.02. The number of allylic oxidation sites excluding steroid dienone is 1. The highest BCUT2D eigenvalue weighted by molar-refractivity contribution is 5.81. The summed E-state index contributed by atoms with van der Waals surface area (Å²) in [6.07, 6.45) is 2.04. The molecule has 0 saturated carbocycles. The predicted molar refractivity (Wildman–Crippen MR) is 53.2 cm³/mol. The van der Waals surface area contributed by atoms with Gasteiger partial charge in [0.25, 0.3) is 0 Å². The van der Waals surface area contributed by atoms with Crippen molar-refractivity contribution in [1.82, 2.24) is 10.2 Å². The lowest BCUT2D eigenvalue weighted by atomic mass is 10.0. The Morgan fingerprint density at radius 1 is 1.69 bits per heavy atom. The fourth-order valence-corrected chi connectivity index (χ4v) is 1.67. The number of hydrogen-bond donors (Lipinski definition) is 1. The standard InChI is InChI=1S/C10H18N2O/c1-5-11-10(13)9-6-7(2)12(4)8(9)3/h6,8-9H,5H2,1-4H3,(H,11,13). The molecule has 2 atom stereocenters. The molecule has 0 aromatic carbocycles. The summed E-state index contributed by atoms with van der Waals surface area (Å²) in [6.45, 7) is 6.76.